The fraction of sp³-hybridized carbons (Fsp3) is 0.333. The van der Waals surface area contributed by atoms with E-state index in [1.807, 2.05) is 0 Å². The molecule has 0 spiro atoms. The zero-order valence-corrected chi connectivity index (χ0v) is 18.0. The standard InChI is InChI=1S/C21H20FN5O4S/c1-12-4-5-13(9-15(12)22)23-17(28)11-26-21(30)27-16-6-8-32-18(16)19(29)25(20(27)24-26)10-14-3-2-7-31-14/h4-6,8-9,14H,2-3,7,10-11H2,1H3,(H,23,28)/t14-/m0/s1. The van der Waals surface area contributed by atoms with Crippen molar-refractivity contribution in [3.63, 3.8) is 0 Å². The zero-order chi connectivity index (χ0) is 22.4. The molecule has 3 aromatic heterocycles. The number of nitrogens with zero attached hydrogens (tertiary/aromatic N) is 4. The summed E-state index contributed by atoms with van der Waals surface area (Å²) in [6.45, 7) is 2.16. The lowest BCUT2D eigenvalue weighted by Gasteiger charge is -2.12. The molecule has 1 aromatic carbocycles. The molecule has 1 saturated heterocycles. The largest absolute Gasteiger partial charge is 0.376 e. The second-order valence-corrected chi connectivity index (χ2v) is 8.69. The molecule has 1 atom stereocenters. The second kappa shape index (κ2) is 7.99. The Labute approximate surface area is 184 Å². The molecular weight excluding hydrogens is 437 g/mol. The van der Waals surface area contributed by atoms with Crippen LogP contribution in [-0.2, 0) is 22.6 Å². The fourth-order valence-electron chi connectivity index (χ4n) is 3.90. The van der Waals surface area contributed by atoms with E-state index in [0.29, 0.717) is 22.4 Å². The molecule has 0 saturated carbocycles. The van der Waals surface area contributed by atoms with Gasteiger partial charge >= 0.3 is 5.69 Å². The number of ether oxygens (including phenoxy) is 1. The summed E-state index contributed by atoms with van der Waals surface area (Å²) >= 11 is 1.25. The lowest BCUT2D eigenvalue weighted by molar-refractivity contribution is -0.117. The lowest BCUT2D eigenvalue weighted by atomic mass is 10.2. The van der Waals surface area contributed by atoms with Gasteiger partial charge in [-0.1, -0.05) is 6.07 Å². The van der Waals surface area contributed by atoms with Crippen molar-refractivity contribution in [2.24, 2.45) is 0 Å². The summed E-state index contributed by atoms with van der Waals surface area (Å²) in [7, 11) is 0. The van der Waals surface area contributed by atoms with E-state index in [-0.39, 0.29) is 36.2 Å². The lowest BCUT2D eigenvalue weighted by Crippen LogP contribution is -2.30. The highest BCUT2D eigenvalue weighted by atomic mass is 32.1. The molecule has 4 heterocycles. The Morgan fingerprint density at radius 2 is 2.19 bits per heavy atom. The van der Waals surface area contributed by atoms with Gasteiger partial charge < -0.3 is 10.1 Å². The monoisotopic (exact) mass is 457 g/mol. The summed E-state index contributed by atoms with van der Waals surface area (Å²) in [4.78, 5) is 38.7. The number of carbonyl (C=O) groups excluding carboxylic acids is 1. The van der Waals surface area contributed by atoms with Gasteiger partial charge in [0.15, 0.2) is 0 Å². The van der Waals surface area contributed by atoms with Gasteiger partial charge in [-0.2, -0.15) is 0 Å². The van der Waals surface area contributed by atoms with Crippen LogP contribution in [0.25, 0.3) is 16.0 Å². The first-order valence-electron chi connectivity index (χ1n) is 10.2. The molecular formula is C21H20FN5O4S. The first-order chi connectivity index (χ1) is 15.4. The minimum Gasteiger partial charge on any atom is -0.376 e. The van der Waals surface area contributed by atoms with Gasteiger partial charge in [0.25, 0.3) is 5.56 Å². The highest BCUT2D eigenvalue weighted by Gasteiger charge is 2.23. The molecule has 0 radical (unpaired) electrons. The first-order valence-corrected chi connectivity index (χ1v) is 11.1. The SMILES string of the molecule is Cc1ccc(NC(=O)Cn2nc3n(C[C@@H]4CCCO4)c(=O)c4sccc4n3c2=O)cc1F. The topological polar surface area (TPSA) is 99.6 Å². The maximum Gasteiger partial charge on any atom is 0.352 e. The van der Waals surface area contributed by atoms with E-state index in [9.17, 15) is 18.8 Å². The summed E-state index contributed by atoms with van der Waals surface area (Å²) < 4.78 is 23.7. The molecule has 0 unspecified atom stereocenters. The molecule has 1 aliphatic rings. The number of nitrogens with one attached hydrogen (secondary N) is 1. The van der Waals surface area contributed by atoms with Gasteiger partial charge in [-0.3, -0.25) is 14.2 Å². The van der Waals surface area contributed by atoms with Crippen molar-refractivity contribution < 1.29 is 13.9 Å². The number of halogens is 1. The Morgan fingerprint density at radius 3 is 2.94 bits per heavy atom. The van der Waals surface area contributed by atoms with Crippen molar-refractivity contribution in [1.29, 1.82) is 0 Å². The number of hydrogen-bond acceptors (Lipinski definition) is 6. The van der Waals surface area contributed by atoms with Crippen LogP contribution in [0.15, 0.2) is 39.2 Å². The predicted octanol–water partition coefficient (Wildman–Crippen LogP) is 2.14. The van der Waals surface area contributed by atoms with Crippen LogP contribution in [0.1, 0.15) is 18.4 Å². The Bertz CT molecular complexity index is 1460. The second-order valence-electron chi connectivity index (χ2n) is 7.77. The number of aromatic nitrogens is 4. The van der Waals surface area contributed by atoms with E-state index < -0.39 is 17.4 Å². The molecule has 32 heavy (non-hydrogen) atoms. The summed E-state index contributed by atoms with van der Waals surface area (Å²) in [5.74, 6) is -0.811. The number of fused-ring (bicyclic) bond motifs is 3. The van der Waals surface area contributed by atoms with Crippen molar-refractivity contribution in [3.8, 4) is 0 Å². The van der Waals surface area contributed by atoms with E-state index in [1.165, 1.54) is 26.4 Å². The van der Waals surface area contributed by atoms with Gasteiger partial charge in [0.1, 0.15) is 17.1 Å². The van der Waals surface area contributed by atoms with Gasteiger partial charge in [0.2, 0.25) is 11.7 Å². The summed E-state index contributed by atoms with van der Waals surface area (Å²) in [6.07, 6.45) is 1.60. The van der Waals surface area contributed by atoms with Crippen molar-refractivity contribution in [3.05, 3.63) is 61.9 Å². The van der Waals surface area contributed by atoms with Crippen LogP contribution < -0.4 is 16.6 Å². The first kappa shape index (κ1) is 20.6. The number of hydrogen-bond donors (Lipinski definition) is 1. The highest BCUT2D eigenvalue weighted by molar-refractivity contribution is 7.17. The molecule has 1 amide bonds. The fourth-order valence-corrected chi connectivity index (χ4v) is 4.72. The molecule has 1 N–H and O–H groups in total. The predicted molar refractivity (Wildman–Crippen MR) is 118 cm³/mol. The van der Waals surface area contributed by atoms with E-state index >= 15 is 0 Å². The number of benzene rings is 1. The average molecular weight is 457 g/mol. The molecule has 1 aliphatic heterocycles. The Balaban J connectivity index is 1.53. The Hall–Kier alpha value is -3.31. The van der Waals surface area contributed by atoms with Crippen molar-refractivity contribution in [2.45, 2.75) is 39.0 Å². The molecule has 5 rings (SSSR count). The third-order valence-corrected chi connectivity index (χ3v) is 6.44. The normalized spacial score (nSPS) is 16.2. The molecule has 1 fully saturated rings. The summed E-state index contributed by atoms with van der Waals surface area (Å²) in [5.41, 5.74) is 0.425. The number of rotatable bonds is 5. The van der Waals surface area contributed by atoms with Gasteiger partial charge in [-0.15, -0.1) is 16.4 Å². The Morgan fingerprint density at radius 1 is 1.34 bits per heavy atom. The number of amides is 1. The number of thiophene rings is 1. The van der Waals surface area contributed by atoms with Crippen LogP contribution in [0.4, 0.5) is 10.1 Å². The van der Waals surface area contributed by atoms with E-state index in [0.717, 1.165) is 17.5 Å². The maximum absolute atomic E-state index is 13.8. The summed E-state index contributed by atoms with van der Waals surface area (Å²) in [6, 6.07) is 6.04. The quantitative estimate of drug-likeness (QED) is 0.495. The van der Waals surface area contributed by atoms with Crippen LogP contribution in [0.3, 0.4) is 0 Å². The van der Waals surface area contributed by atoms with Gasteiger partial charge in [0, 0.05) is 12.3 Å². The smallest absolute Gasteiger partial charge is 0.352 e. The molecule has 0 bridgehead atoms. The van der Waals surface area contributed by atoms with Crippen molar-refractivity contribution >= 4 is 38.9 Å². The zero-order valence-electron chi connectivity index (χ0n) is 17.2. The van der Waals surface area contributed by atoms with Crippen LogP contribution in [-0.4, -0.2) is 37.4 Å². The third-order valence-electron chi connectivity index (χ3n) is 5.55. The third kappa shape index (κ3) is 3.53. The van der Waals surface area contributed by atoms with Crippen LogP contribution in [0, 0.1) is 12.7 Å². The summed E-state index contributed by atoms with van der Waals surface area (Å²) in [5, 5.41) is 8.62. The van der Waals surface area contributed by atoms with Crippen molar-refractivity contribution in [2.75, 3.05) is 11.9 Å². The number of aryl methyl sites for hydroxylation is 1. The van der Waals surface area contributed by atoms with Gasteiger partial charge in [-0.05, 0) is 48.9 Å². The van der Waals surface area contributed by atoms with Gasteiger partial charge in [0.05, 0.1) is 18.2 Å². The number of carbonyl (C=O) groups is 1. The molecule has 166 valence electrons. The Kier molecular flexibility index (Phi) is 5.14. The molecule has 9 nitrogen and oxygen atoms in total. The van der Waals surface area contributed by atoms with E-state index in [1.54, 1.807) is 30.5 Å². The van der Waals surface area contributed by atoms with Crippen LogP contribution in [0.5, 0.6) is 0 Å². The van der Waals surface area contributed by atoms with Crippen LogP contribution >= 0.6 is 11.3 Å². The number of anilines is 1. The molecule has 11 heteroatoms. The minimum absolute atomic E-state index is 0.131. The van der Waals surface area contributed by atoms with E-state index in [4.69, 9.17) is 4.74 Å². The molecule has 4 aromatic rings. The van der Waals surface area contributed by atoms with Crippen LogP contribution in [0.2, 0.25) is 0 Å². The van der Waals surface area contributed by atoms with Gasteiger partial charge in [-0.25, -0.2) is 18.3 Å². The van der Waals surface area contributed by atoms with E-state index in [2.05, 4.69) is 10.4 Å². The van der Waals surface area contributed by atoms with Crippen molar-refractivity contribution in [1.82, 2.24) is 18.7 Å². The highest BCUT2D eigenvalue weighted by Crippen LogP contribution is 2.19. The minimum atomic E-state index is -0.534. The average Bonchev–Trinajstić information content (AvgIpc) is 3.49. The molecule has 0 aliphatic carbocycles. The maximum atomic E-state index is 13.8.